The van der Waals surface area contributed by atoms with Crippen LogP contribution in [0.4, 0.5) is 8.78 Å². The molecule has 0 spiro atoms. The topological polar surface area (TPSA) is 39.1 Å². The summed E-state index contributed by atoms with van der Waals surface area (Å²) in [7, 11) is 1.86. The highest BCUT2D eigenvalue weighted by Crippen LogP contribution is 2.21. The molecule has 1 heterocycles. The quantitative estimate of drug-likeness (QED) is 0.885. The second-order valence-electron chi connectivity index (χ2n) is 4.47. The normalized spacial score (nSPS) is 12.7. The largest absolute Gasteiger partial charge is 0.434 e. The lowest BCUT2D eigenvalue weighted by molar-refractivity contribution is -0.0505. The van der Waals surface area contributed by atoms with Gasteiger partial charge < -0.3 is 10.1 Å². The van der Waals surface area contributed by atoms with Crippen molar-refractivity contribution >= 4 is 0 Å². The maximum Gasteiger partial charge on any atom is 0.387 e. The minimum absolute atomic E-state index is 0.0575. The molecule has 0 saturated heterocycles. The van der Waals surface area contributed by atoms with E-state index in [2.05, 4.69) is 15.2 Å². The van der Waals surface area contributed by atoms with Gasteiger partial charge in [0.05, 0.1) is 5.69 Å². The average molecular weight is 281 g/mol. The molecular formula is C14H17F2N3O. The van der Waals surface area contributed by atoms with E-state index in [4.69, 9.17) is 0 Å². The first-order chi connectivity index (χ1) is 9.58. The van der Waals surface area contributed by atoms with Gasteiger partial charge in [0.2, 0.25) is 0 Å². The van der Waals surface area contributed by atoms with E-state index in [-0.39, 0.29) is 11.8 Å². The molecule has 20 heavy (non-hydrogen) atoms. The van der Waals surface area contributed by atoms with Crippen molar-refractivity contribution in [3.63, 3.8) is 0 Å². The molecule has 0 bridgehead atoms. The molecule has 0 aliphatic heterocycles. The number of ether oxygens (including phenoxy) is 1. The molecule has 0 aliphatic rings. The second-order valence-corrected chi connectivity index (χ2v) is 4.47. The van der Waals surface area contributed by atoms with Gasteiger partial charge in [-0.2, -0.15) is 13.9 Å². The minimum Gasteiger partial charge on any atom is -0.434 e. The molecule has 2 rings (SSSR count). The summed E-state index contributed by atoms with van der Waals surface area (Å²) in [5.41, 5.74) is 1.72. The van der Waals surface area contributed by atoms with Gasteiger partial charge in [-0.1, -0.05) is 18.2 Å². The Morgan fingerprint density at radius 1 is 1.30 bits per heavy atom. The van der Waals surface area contributed by atoms with Crippen molar-refractivity contribution in [3.8, 4) is 5.75 Å². The Balaban J connectivity index is 2.02. The van der Waals surface area contributed by atoms with Gasteiger partial charge in [0, 0.05) is 31.4 Å². The summed E-state index contributed by atoms with van der Waals surface area (Å²) in [6.07, 6.45) is 1.72. The standard InChI is InChI=1S/C14H17F2N3O/c1-10(12-7-8-18-19(12)2)17-9-11-5-3-4-6-13(11)20-14(15)16/h3-8,10,14,17H,9H2,1-2H3. The van der Waals surface area contributed by atoms with Crippen LogP contribution in [0.1, 0.15) is 24.2 Å². The fourth-order valence-corrected chi connectivity index (χ4v) is 2.04. The first-order valence-electron chi connectivity index (χ1n) is 6.32. The van der Waals surface area contributed by atoms with Gasteiger partial charge in [0.25, 0.3) is 0 Å². The van der Waals surface area contributed by atoms with Crippen LogP contribution < -0.4 is 10.1 Å². The third-order valence-corrected chi connectivity index (χ3v) is 3.09. The number of rotatable bonds is 6. The summed E-state index contributed by atoms with van der Waals surface area (Å²) in [5.74, 6) is 0.201. The molecular weight excluding hydrogens is 264 g/mol. The Labute approximate surface area is 116 Å². The molecule has 0 fully saturated rings. The molecule has 1 unspecified atom stereocenters. The summed E-state index contributed by atoms with van der Waals surface area (Å²) in [5, 5.41) is 7.37. The lowest BCUT2D eigenvalue weighted by Gasteiger charge is -2.16. The van der Waals surface area contributed by atoms with Crippen molar-refractivity contribution < 1.29 is 13.5 Å². The molecule has 108 valence electrons. The van der Waals surface area contributed by atoms with Crippen molar-refractivity contribution in [3.05, 3.63) is 47.8 Å². The maximum absolute atomic E-state index is 12.3. The number of benzene rings is 1. The molecule has 0 saturated carbocycles. The predicted octanol–water partition coefficient (Wildman–Crippen LogP) is 2.87. The SMILES string of the molecule is CC(NCc1ccccc1OC(F)F)c1ccnn1C. The van der Waals surface area contributed by atoms with Crippen LogP contribution in [0.15, 0.2) is 36.5 Å². The van der Waals surface area contributed by atoms with Gasteiger partial charge >= 0.3 is 6.61 Å². The zero-order valence-electron chi connectivity index (χ0n) is 11.4. The fraction of sp³-hybridized carbons (Fsp3) is 0.357. The van der Waals surface area contributed by atoms with Crippen LogP contribution in [0.5, 0.6) is 5.75 Å². The van der Waals surface area contributed by atoms with E-state index in [0.717, 1.165) is 5.69 Å². The van der Waals surface area contributed by atoms with Gasteiger partial charge in [-0.05, 0) is 19.1 Å². The van der Waals surface area contributed by atoms with E-state index >= 15 is 0 Å². The molecule has 2 aromatic rings. The lowest BCUT2D eigenvalue weighted by atomic mass is 10.1. The monoisotopic (exact) mass is 281 g/mol. The number of aromatic nitrogens is 2. The zero-order valence-corrected chi connectivity index (χ0v) is 11.4. The fourth-order valence-electron chi connectivity index (χ4n) is 2.04. The molecule has 1 N–H and O–H groups in total. The third kappa shape index (κ3) is 3.54. The number of hydrogen-bond acceptors (Lipinski definition) is 3. The maximum atomic E-state index is 12.3. The van der Waals surface area contributed by atoms with Gasteiger partial charge in [-0.3, -0.25) is 4.68 Å². The van der Waals surface area contributed by atoms with Crippen LogP contribution in [-0.4, -0.2) is 16.4 Å². The Morgan fingerprint density at radius 2 is 2.05 bits per heavy atom. The van der Waals surface area contributed by atoms with Crippen LogP contribution in [0.2, 0.25) is 0 Å². The highest BCUT2D eigenvalue weighted by atomic mass is 19.3. The molecule has 0 aliphatic carbocycles. The number of para-hydroxylation sites is 1. The van der Waals surface area contributed by atoms with E-state index in [1.54, 1.807) is 29.1 Å². The average Bonchev–Trinajstić information content (AvgIpc) is 2.83. The van der Waals surface area contributed by atoms with E-state index in [1.807, 2.05) is 20.0 Å². The summed E-state index contributed by atoms with van der Waals surface area (Å²) >= 11 is 0. The summed E-state index contributed by atoms with van der Waals surface area (Å²) in [4.78, 5) is 0. The van der Waals surface area contributed by atoms with Crippen molar-refractivity contribution in [1.29, 1.82) is 0 Å². The Bertz CT molecular complexity index is 557. The van der Waals surface area contributed by atoms with Crippen LogP contribution in [0.25, 0.3) is 0 Å². The first-order valence-corrected chi connectivity index (χ1v) is 6.32. The molecule has 6 heteroatoms. The molecule has 0 radical (unpaired) electrons. The summed E-state index contributed by atoms with van der Waals surface area (Å²) < 4.78 is 30.9. The highest BCUT2D eigenvalue weighted by Gasteiger charge is 2.12. The number of aryl methyl sites for hydroxylation is 1. The van der Waals surface area contributed by atoms with Gasteiger partial charge in [-0.15, -0.1) is 0 Å². The number of hydrogen-bond donors (Lipinski definition) is 1. The molecule has 1 atom stereocenters. The number of halogens is 2. The zero-order chi connectivity index (χ0) is 14.5. The van der Waals surface area contributed by atoms with Gasteiger partial charge in [-0.25, -0.2) is 0 Å². The van der Waals surface area contributed by atoms with Crippen LogP contribution in [0, 0.1) is 0 Å². The molecule has 4 nitrogen and oxygen atoms in total. The highest BCUT2D eigenvalue weighted by molar-refractivity contribution is 5.33. The predicted molar refractivity (Wildman–Crippen MR) is 71.5 cm³/mol. The Morgan fingerprint density at radius 3 is 2.70 bits per heavy atom. The Kier molecular flexibility index (Phi) is 4.68. The van der Waals surface area contributed by atoms with Crippen molar-refractivity contribution in [2.75, 3.05) is 0 Å². The van der Waals surface area contributed by atoms with Crippen molar-refractivity contribution in [1.82, 2.24) is 15.1 Å². The Hall–Kier alpha value is -1.95. The molecule has 1 aromatic heterocycles. The number of nitrogens with zero attached hydrogens (tertiary/aromatic N) is 2. The third-order valence-electron chi connectivity index (χ3n) is 3.09. The second kappa shape index (κ2) is 6.47. The van der Waals surface area contributed by atoms with E-state index in [1.165, 1.54) is 6.07 Å². The molecule has 0 amide bonds. The van der Waals surface area contributed by atoms with Crippen LogP contribution in [0.3, 0.4) is 0 Å². The van der Waals surface area contributed by atoms with E-state index in [0.29, 0.717) is 12.1 Å². The first kappa shape index (κ1) is 14.5. The van der Waals surface area contributed by atoms with Crippen molar-refractivity contribution in [2.45, 2.75) is 26.1 Å². The van der Waals surface area contributed by atoms with E-state index in [9.17, 15) is 8.78 Å². The van der Waals surface area contributed by atoms with Crippen molar-refractivity contribution in [2.24, 2.45) is 7.05 Å². The summed E-state index contributed by atoms with van der Waals surface area (Å²) in [6.45, 7) is -0.381. The smallest absolute Gasteiger partial charge is 0.387 e. The van der Waals surface area contributed by atoms with Gasteiger partial charge in [0.1, 0.15) is 5.75 Å². The van der Waals surface area contributed by atoms with Crippen LogP contribution >= 0.6 is 0 Å². The number of alkyl halides is 2. The molecule has 1 aromatic carbocycles. The number of nitrogens with one attached hydrogen (secondary N) is 1. The lowest BCUT2D eigenvalue weighted by Crippen LogP contribution is -2.21. The van der Waals surface area contributed by atoms with E-state index < -0.39 is 6.61 Å². The minimum atomic E-state index is -2.81. The summed E-state index contributed by atoms with van der Waals surface area (Å²) in [6, 6.07) is 8.75. The van der Waals surface area contributed by atoms with Crippen LogP contribution in [-0.2, 0) is 13.6 Å². The van der Waals surface area contributed by atoms with Gasteiger partial charge in [0.15, 0.2) is 0 Å².